The third kappa shape index (κ3) is 2.39. The molecule has 0 atom stereocenters. The van der Waals surface area contributed by atoms with Gasteiger partial charge in [0.1, 0.15) is 0 Å². The molecule has 1 aliphatic heterocycles. The van der Waals surface area contributed by atoms with Crippen molar-refractivity contribution in [2.24, 2.45) is 0 Å². The van der Waals surface area contributed by atoms with Crippen molar-refractivity contribution in [1.29, 1.82) is 0 Å². The zero-order valence-electron chi connectivity index (χ0n) is 11.1. The second-order valence-corrected chi connectivity index (χ2v) is 5.06. The normalized spacial score (nSPS) is 12.9. The molecule has 2 nitrogen and oxygen atoms in total. The van der Waals surface area contributed by atoms with E-state index in [0.29, 0.717) is 0 Å². The number of nitrogens with one attached hydrogen (secondary N) is 1. The summed E-state index contributed by atoms with van der Waals surface area (Å²) in [5.74, 6) is 0.143. The van der Waals surface area contributed by atoms with E-state index >= 15 is 0 Å². The lowest BCUT2D eigenvalue weighted by Crippen LogP contribution is -2.00. The van der Waals surface area contributed by atoms with Gasteiger partial charge in [0.2, 0.25) is 0 Å². The van der Waals surface area contributed by atoms with Crippen LogP contribution in [0.15, 0.2) is 42.5 Å². The second-order valence-electron chi connectivity index (χ2n) is 5.06. The van der Waals surface area contributed by atoms with E-state index in [2.05, 4.69) is 29.6 Å². The average Bonchev–Trinajstić information content (AvgIpc) is 2.88. The lowest BCUT2D eigenvalue weighted by Gasteiger charge is -2.11. The van der Waals surface area contributed by atoms with Crippen molar-refractivity contribution in [3.05, 3.63) is 64.7 Å². The summed E-state index contributed by atoms with van der Waals surface area (Å²) >= 11 is 0. The van der Waals surface area contributed by atoms with Crippen LogP contribution in [-0.2, 0) is 12.8 Å². The highest BCUT2D eigenvalue weighted by atomic mass is 16.1. The molecule has 0 aromatic heterocycles. The third-order valence-electron chi connectivity index (χ3n) is 3.64. The van der Waals surface area contributed by atoms with Gasteiger partial charge in [0.25, 0.3) is 0 Å². The summed E-state index contributed by atoms with van der Waals surface area (Å²) in [6.07, 6.45) is 1.88. The molecule has 2 aromatic rings. The first kappa shape index (κ1) is 12.0. The van der Waals surface area contributed by atoms with E-state index in [-0.39, 0.29) is 5.78 Å². The number of Topliss-reactive ketones (excluding diaryl/α,β-unsaturated/α-hetero) is 1. The third-order valence-corrected chi connectivity index (χ3v) is 3.64. The molecule has 0 amide bonds. The van der Waals surface area contributed by atoms with Gasteiger partial charge in [-0.05, 0) is 48.6 Å². The van der Waals surface area contributed by atoms with Crippen LogP contribution < -0.4 is 5.32 Å². The van der Waals surface area contributed by atoms with Gasteiger partial charge in [-0.1, -0.05) is 30.3 Å². The van der Waals surface area contributed by atoms with E-state index in [4.69, 9.17) is 0 Å². The summed E-state index contributed by atoms with van der Waals surface area (Å²) in [6, 6.07) is 14.5. The minimum atomic E-state index is 0.143. The maximum atomic E-state index is 11.6. The fourth-order valence-corrected chi connectivity index (χ4v) is 2.67. The van der Waals surface area contributed by atoms with Crippen LogP contribution in [-0.4, -0.2) is 12.3 Å². The van der Waals surface area contributed by atoms with Gasteiger partial charge in [-0.2, -0.15) is 0 Å². The van der Waals surface area contributed by atoms with Crippen LogP contribution >= 0.6 is 0 Å². The number of hydrogen-bond donors (Lipinski definition) is 1. The number of anilines is 1. The molecule has 2 aromatic carbocycles. The van der Waals surface area contributed by atoms with Gasteiger partial charge in [-0.25, -0.2) is 0 Å². The summed E-state index contributed by atoms with van der Waals surface area (Å²) < 4.78 is 0. The molecule has 0 saturated heterocycles. The number of carbonyl (C=O) groups excluding carboxylic acids is 1. The van der Waals surface area contributed by atoms with E-state index in [9.17, 15) is 4.79 Å². The molecular weight excluding hydrogens is 234 g/mol. The van der Waals surface area contributed by atoms with Crippen LogP contribution in [0.1, 0.15) is 34.0 Å². The predicted octanol–water partition coefficient (Wildman–Crippen LogP) is 3.45. The van der Waals surface area contributed by atoms with Gasteiger partial charge in [0, 0.05) is 17.8 Å². The molecule has 0 aliphatic carbocycles. The van der Waals surface area contributed by atoms with Crippen LogP contribution in [0.5, 0.6) is 0 Å². The Morgan fingerprint density at radius 2 is 2.00 bits per heavy atom. The maximum absolute atomic E-state index is 11.6. The molecule has 19 heavy (non-hydrogen) atoms. The standard InChI is InChI=1S/C17H17NO/c1-12(19)15-10-14-7-8-18-17(14)16(11-15)9-13-5-3-2-4-6-13/h2-6,10-11,18H,7-9H2,1H3. The van der Waals surface area contributed by atoms with E-state index < -0.39 is 0 Å². The SMILES string of the molecule is CC(=O)c1cc2c(c(Cc3ccccc3)c1)NCC2. The number of hydrogen-bond acceptors (Lipinski definition) is 2. The van der Waals surface area contributed by atoms with Crippen LogP contribution in [0.4, 0.5) is 5.69 Å². The smallest absolute Gasteiger partial charge is 0.159 e. The molecule has 0 spiro atoms. The first-order valence-electron chi connectivity index (χ1n) is 6.68. The summed E-state index contributed by atoms with van der Waals surface area (Å²) in [7, 11) is 0. The Labute approximate surface area is 113 Å². The van der Waals surface area contributed by atoms with Crippen molar-refractivity contribution in [2.75, 3.05) is 11.9 Å². The second kappa shape index (κ2) is 4.88. The van der Waals surface area contributed by atoms with Gasteiger partial charge in [-0.3, -0.25) is 4.79 Å². The van der Waals surface area contributed by atoms with E-state index in [1.165, 1.54) is 22.4 Å². The zero-order valence-corrected chi connectivity index (χ0v) is 11.1. The van der Waals surface area contributed by atoms with E-state index in [1.807, 2.05) is 18.2 Å². The Bertz CT molecular complexity index is 617. The molecule has 1 N–H and O–H groups in total. The van der Waals surface area contributed by atoms with Gasteiger partial charge >= 0.3 is 0 Å². The molecule has 3 rings (SSSR count). The van der Waals surface area contributed by atoms with Crippen LogP contribution in [0, 0.1) is 0 Å². The molecule has 0 fully saturated rings. The van der Waals surface area contributed by atoms with Crippen LogP contribution in [0.25, 0.3) is 0 Å². The molecular formula is C17H17NO. The van der Waals surface area contributed by atoms with Crippen molar-refractivity contribution in [3.8, 4) is 0 Å². The zero-order chi connectivity index (χ0) is 13.2. The predicted molar refractivity (Wildman–Crippen MR) is 77.9 cm³/mol. The molecule has 1 heterocycles. The van der Waals surface area contributed by atoms with Gasteiger partial charge in [0.05, 0.1) is 0 Å². The van der Waals surface area contributed by atoms with Crippen molar-refractivity contribution < 1.29 is 4.79 Å². The Hall–Kier alpha value is -2.09. The maximum Gasteiger partial charge on any atom is 0.159 e. The Kier molecular flexibility index (Phi) is 3.08. The number of carbonyl (C=O) groups is 1. The molecule has 96 valence electrons. The summed E-state index contributed by atoms with van der Waals surface area (Å²) in [5, 5.41) is 3.44. The molecule has 0 saturated carbocycles. The van der Waals surface area contributed by atoms with Crippen molar-refractivity contribution >= 4 is 11.5 Å². The van der Waals surface area contributed by atoms with Gasteiger partial charge < -0.3 is 5.32 Å². The Balaban J connectivity index is 2.02. The number of ketones is 1. The Morgan fingerprint density at radius 3 is 2.74 bits per heavy atom. The Morgan fingerprint density at radius 1 is 1.21 bits per heavy atom. The van der Waals surface area contributed by atoms with Crippen molar-refractivity contribution in [1.82, 2.24) is 0 Å². The van der Waals surface area contributed by atoms with E-state index in [1.54, 1.807) is 6.92 Å². The number of rotatable bonds is 3. The number of benzene rings is 2. The van der Waals surface area contributed by atoms with Crippen molar-refractivity contribution in [3.63, 3.8) is 0 Å². The summed E-state index contributed by atoms with van der Waals surface area (Å²) in [4.78, 5) is 11.6. The highest BCUT2D eigenvalue weighted by Gasteiger charge is 2.17. The fraction of sp³-hybridized carbons (Fsp3) is 0.235. The summed E-state index contributed by atoms with van der Waals surface area (Å²) in [6.45, 7) is 2.61. The monoisotopic (exact) mass is 251 g/mol. The van der Waals surface area contributed by atoms with Gasteiger partial charge in [0.15, 0.2) is 5.78 Å². The lowest BCUT2D eigenvalue weighted by molar-refractivity contribution is 0.101. The fourth-order valence-electron chi connectivity index (χ4n) is 2.67. The van der Waals surface area contributed by atoms with Crippen molar-refractivity contribution in [2.45, 2.75) is 19.8 Å². The van der Waals surface area contributed by atoms with E-state index in [0.717, 1.165) is 24.9 Å². The van der Waals surface area contributed by atoms with Crippen LogP contribution in [0.3, 0.4) is 0 Å². The molecule has 0 bridgehead atoms. The first-order valence-corrected chi connectivity index (χ1v) is 6.68. The minimum Gasteiger partial charge on any atom is -0.384 e. The topological polar surface area (TPSA) is 29.1 Å². The molecule has 2 heteroatoms. The first-order chi connectivity index (χ1) is 9.24. The average molecular weight is 251 g/mol. The summed E-state index contributed by atoms with van der Waals surface area (Å²) in [5.41, 5.74) is 5.84. The number of fused-ring (bicyclic) bond motifs is 1. The quantitative estimate of drug-likeness (QED) is 0.847. The van der Waals surface area contributed by atoms with Gasteiger partial charge in [-0.15, -0.1) is 0 Å². The molecule has 0 radical (unpaired) electrons. The highest BCUT2D eigenvalue weighted by molar-refractivity contribution is 5.95. The minimum absolute atomic E-state index is 0.143. The molecule has 1 aliphatic rings. The highest BCUT2D eigenvalue weighted by Crippen LogP contribution is 2.30. The molecule has 0 unspecified atom stereocenters. The lowest BCUT2D eigenvalue weighted by atomic mass is 9.96. The van der Waals surface area contributed by atoms with Crippen LogP contribution in [0.2, 0.25) is 0 Å². The largest absolute Gasteiger partial charge is 0.384 e.